The lowest BCUT2D eigenvalue weighted by atomic mass is 9.93. The number of ether oxygens (including phenoxy) is 1. The third kappa shape index (κ3) is 4.76. The predicted molar refractivity (Wildman–Crippen MR) is 83.4 cm³/mol. The molecule has 1 heterocycles. The highest BCUT2D eigenvalue weighted by molar-refractivity contribution is 5.99. The number of allylic oxidation sites excluding steroid dienone is 1. The van der Waals surface area contributed by atoms with Crippen molar-refractivity contribution in [3.05, 3.63) is 29.2 Å². The molecular formula is C15H21N3O4. The molecule has 0 fully saturated rings. The molecule has 0 aromatic carbocycles. The van der Waals surface area contributed by atoms with Crippen LogP contribution in [0.4, 0.5) is 4.79 Å². The summed E-state index contributed by atoms with van der Waals surface area (Å²) in [7, 11) is 1.41. The Morgan fingerprint density at radius 1 is 1.41 bits per heavy atom. The van der Waals surface area contributed by atoms with Crippen molar-refractivity contribution in [3.63, 3.8) is 0 Å². The van der Waals surface area contributed by atoms with Gasteiger partial charge in [0.1, 0.15) is 11.5 Å². The van der Waals surface area contributed by atoms with Gasteiger partial charge in [0.2, 0.25) is 5.90 Å². The van der Waals surface area contributed by atoms with Crippen molar-refractivity contribution in [1.29, 1.82) is 0 Å². The van der Waals surface area contributed by atoms with Crippen LogP contribution in [0.15, 0.2) is 21.7 Å². The van der Waals surface area contributed by atoms with Crippen molar-refractivity contribution < 1.29 is 18.7 Å². The first-order valence-electron chi connectivity index (χ1n) is 6.65. The number of nitrogens with two attached hydrogens (primary N) is 1. The Hall–Kier alpha value is -2.57. The molecule has 1 aromatic rings. The van der Waals surface area contributed by atoms with Crippen LogP contribution in [0.2, 0.25) is 0 Å². The number of nitrogens with one attached hydrogen (secondary N) is 1. The van der Waals surface area contributed by atoms with Crippen molar-refractivity contribution in [2.45, 2.75) is 33.1 Å². The second-order valence-electron chi connectivity index (χ2n) is 5.68. The third-order valence-corrected chi connectivity index (χ3v) is 2.66. The molecular weight excluding hydrogens is 286 g/mol. The maximum absolute atomic E-state index is 11.1. The number of furan rings is 1. The summed E-state index contributed by atoms with van der Waals surface area (Å²) in [6.07, 6.45) is 2.91. The van der Waals surface area contributed by atoms with Crippen LogP contribution in [0.5, 0.6) is 0 Å². The van der Waals surface area contributed by atoms with E-state index >= 15 is 0 Å². The van der Waals surface area contributed by atoms with Crippen molar-refractivity contribution in [2.75, 3.05) is 7.11 Å². The molecule has 7 heteroatoms. The van der Waals surface area contributed by atoms with Gasteiger partial charge in [-0.2, -0.15) is 0 Å². The van der Waals surface area contributed by atoms with Crippen LogP contribution < -0.4 is 11.2 Å². The van der Waals surface area contributed by atoms with Crippen molar-refractivity contribution >= 4 is 23.8 Å². The highest BCUT2D eigenvalue weighted by Crippen LogP contribution is 2.28. The fourth-order valence-electron chi connectivity index (χ4n) is 1.58. The van der Waals surface area contributed by atoms with Gasteiger partial charge in [-0.05, 0) is 25.1 Å². The van der Waals surface area contributed by atoms with Gasteiger partial charge in [-0.1, -0.05) is 20.8 Å². The van der Waals surface area contributed by atoms with E-state index in [2.05, 4.69) is 10.5 Å². The largest absolute Gasteiger partial charge is 0.479 e. The Bertz CT molecular complexity index is 621. The minimum Gasteiger partial charge on any atom is -0.479 e. The molecule has 1 rings (SSSR count). The summed E-state index contributed by atoms with van der Waals surface area (Å²) in [5, 5.41) is 3.79. The normalized spacial score (nSPS) is 12.5. The van der Waals surface area contributed by atoms with E-state index in [1.165, 1.54) is 26.2 Å². The number of carbonyl (C=O) groups is 2. The lowest BCUT2D eigenvalue weighted by Gasteiger charge is -2.13. The Kier molecular flexibility index (Phi) is 5.50. The lowest BCUT2D eigenvalue weighted by Crippen LogP contribution is -2.26. The molecule has 22 heavy (non-hydrogen) atoms. The molecule has 0 saturated heterocycles. The van der Waals surface area contributed by atoms with Crippen LogP contribution >= 0.6 is 0 Å². The van der Waals surface area contributed by atoms with E-state index in [0.717, 1.165) is 0 Å². The number of carbonyl (C=O) groups excluding carboxylic acids is 2. The molecule has 0 radical (unpaired) electrons. The Morgan fingerprint density at radius 2 is 2.05 bits per heavy atom. The SMILES string of the molecule is CO/C(=N/NC(N)=O)c1cc(C(C)(C)C)oc1C=CC(C)=O. The Balaban J connectivity index is 3.35. The molecule has 0 aliphatic rings. The van der Waals surface area contributed by atoms with Gasteiger partial charge in [0.05, 0.1) is 12.7 Å². The molecule has 120 valence electrons. The van der Waals surface area contributed by atoms with Crippen LogP contribution in [0.1, 0.15) is 44.8 Å². The molecule has 1 aromatic heterocycles. The number of amides is 2. The van der Waals surface area contributed by atoms with E-state index in [-0.39, 0.29) is 17.1 Å². The molecule has 0 aliphatic carbocycles. The molecule has 0 atom stereocenters. The maximum Gasteiger partial charge on any atom is 0.332 e. The number of methoxy groups -OCH3 is 1. The summed E-state index contributed by atoms with van der Waals surface area (Å²) < 4.78 is 10.9. The zero-order chi connectivity index (χ0) is 16.9. The zero-order valence-electron chi connectivity index (χ0n) is 13.4. The van der Waals surface area contributed by atoms with Crippen molar-refractivity contribution in [1.82, 2.24) is 5.43 Å². The van der Waals surface area contributed by atoms with Gasteiger partial charge >= 0.3 is 6.03 Å². The number of urea groups is 1. The van der Waals surface area contributed by atoms with Crippen molar-refractivity contribution in [3.8, 4) is 0 Å². The first-order chi connectivity index (χ1) is 10.1. The average Bonchev–Trinajstić information content (AvgIpc) is 2.81. The Morgan fingerprint density at radius 3 is 2.50 bits per heavy atom. The molecule has 0 saturated carbocycles. The Labute approximate surface area is 129 Å². The van der Waals surface area contributed by atoms with Gasteiger partial charge in [0.15, 0.2) is 5.78 Å². The van der Waals surface area contributed by atoms with Gasteiger partial charge < -0.3 is 14.9 Å². The lowest BCUT2D eigenvalue weighted by molar-refractivity contribution is -0.112. The fourth-order valence-corrected chi connectivity index (χ4v) is 1.58. The number of hydrogen-bond acceptors (Lipinski definition) is 5. The van der Waals surface area contributed by atoms with Crippen LogP contribution in [0.3, 0.4) is 0 Å². The zero-order valence-corrected chi connectivity index (χ0v) is 13.4. The summed E-state index contributed by atoms with van der Waals surface area (Å²) in [6.45, 7) is 7.39. The van der Waals surface area contributed by atoms with Gasteiger partial charge in [0.25, 0.3) is 0 Å². The van der Waals surface area contributed by atoms with Gasteiger partial charge in [-0.3, -0.25) is 4.79 Å². The van der Waals surface area contributed by atoms with E-state index in [0.29, 0.717) is 17.1 Å². The van der Waals surface area contributed by atoms with Gasteiger partial charge in [-0.25, -0.2) is 10.2 Å². The number of ketones is 1. The monoisotopic (exact) mass is 307 g/mol. The van der Waals surface area contributed by atoms with E-state index in [4.69, 9.17) is 14.9 Å². The quantitative estimate of drug-likeness (QED) is 0.384. The molecule has 0 aliphatic heterocycles. The predicted octanol–water partition coefficient (Wildman–Crippen LogP) is 2.16. The topological polar surface area (TPSA) is 107 Å². The number of primary amides is 1. The summed E-state index contributed by atoms with van der Waals surface area (Å²) in [6, 6.07) is 0.945. The summed E-state index contributed by atoms with van der Waals surface area (Å²) in [5.74, 6) is 1.11. The molecule has 0 bridgehead atoms. The number of hydrogen-bond donors (Lipinski definition) is 2. The van der Waals surface area contributed by atoms with Gasteiger partial charge in [-0.15, -0.1) is 5.10 Å². The van der Waals surface area contributed by atoms with E-state index in [9.17, 15) is 9.59 Å². The minimum atomic E-state index is -0.810. The molecule has 3 N–H and O–H groups in total. The fraction of sp³-hybridized carbons (Fsp3) is 0.400. The first kappa shape index (κ1) is 17.5. The summed E-state index contributed by atoms with van der Waals surface area (Å²) in [5.41, 5.74) is 7.36. The summed E-state index contributed by atoms with van der Waals surface area (Å²) >= 11 is 0. The minimum absolute atomic E-state index is 0.120. The average molecular weight is 307 g/mol. The van der Waals surface area contributed by atoms with Crippen LogP contribution in [-0.2, 0) is 14.9 Å². The molecule has 0 unspecified atom stereocenters. The molecule has 0 spiro atoms. The standard InChI is InChI=1S/C15H21N3O4/c1-9(19)6-7-11-10(8-12(22-11)15(2,3)4)13(21-5)17-18-14(16)20/h6-8H,1-5H3,(H3,16,18,20)/b7-6?,17-13+. The number of nitrogens with zero attached hydrogens (tertiary/aromatic N) is 1. The van der Waals surface area contributed by atoms with Gasteiger partial charge in [0, 0.05) is 5.41 Å². The van der Waals surface area contributed by atoms with E-state index in [1.807, 2.05) is 20.8 Å². The third-order valence-electron chi connectivity index (χ3n) is 2.66. The number of hydrazone groups is 1. The molecule has 7 nitrogen and oxygen atoms in total. The highest BCUT2D eigenvalue weighted by atomic mass is 16.5. The number of rotatable bonds is 4. The highest BCUT2D eigenvalue weighted by Gasteiger charge is 2.23. The van der Waals surface area contributed by atoms with E-state index < -0.39 is 6.03 Å². The first-order valence-corrected chi connectivity index (χ1v) is 6.65. The van der Waals surface area contributed by atoms with Crippen LogP contribution in [0, 0.1) is 0 Å². The van der Waals surface area contributed by atoms with Crippen LogP contribution in [0.25, 0.3) is 6.08 Å². The smallest absolute Gasteiger partial charge is 0.332 e. The summed E-state index contributed by atoms with van der Waals surface area (Å²) in [4.78, 5) is 21.9. The second kappa shape index (κ2) is 6.93. The second-order valence-corrected chi connectivity index (χ2v) is 5.68. The molecule has 2 amide bonds. The van der Waals surface area contributed by atoms with Crippen molar-refractivity contribution in [2.24, 2.45) is 10.8 Å². The maximum atomic E-state index is 11.1. The van der Waals surface area contributed by atoms with Crippen LogP contribution in [-0.4, -0.2) is 24.8 Å². The van der Waals surface area contributed by atoms with E-state index in [1.54, 1.807) is 6.07 Å².